The maximum absolute atomic E-state index is 11.4. The molecule has 28 heavy (non-hydrogen) atoms. The number of carbonyl (C=O) groups is 1. The molecule has 148 valence electrons. The SMILES string of the molecule is CC12CCC(CC(C(=O)O)C1)N2CCOc1ccc(Cc2ccccc2)cc1. The maximum atomic E-state index is 11.4. The van der Waals surface area contributed by atoms with Crippen molar-refractivity contribution < 1.29 is 14.6 Å². The van der Waals surface area contributed by atoms with Crippen molar-refractivity contribution in [1.29, 1.82) is 0 Å². The number of carboxylic acids is 1. The number of fused-ring (bicyclic) bond motifs is 2. The van der Waals surface area contributed by atoms with Gasteiger partial charge < -0.3 is 9.84 Å². The first-order chi connectivity index (χ1) is 13.5. The van der Waals surface area contributed by atoms with Crippen molar-refractivity contribution in [2.75, 3.05) is 13.2 Å². The second-order valence-corrected chi connectivity index (χ2v) is 8.51. The number of benzene rings is 2. The van der Waals surface area contributed by atoms with E-state index in [4.69, 9.17) is 4.74 Å². The Morgan fingerprint density at radius 1 is 1.14 bits per heavy atom. The smallest absolute Gasteiger partial charge is 0.306 e. The molecule has 2 fully saturated rings. The topological polar surface area (TPSA) is 49.8 Å². The summed E-state index contributed by atoms with van der Waals surface area (Å²) < 4.78 is 6.00. The van der Waals surface area contributed by atoms with Gasteiger partial charge in [-0.05, 0) is 62.3 Å². The summed E-state index contributed by atoms with van der Waals surface area (Å²) in [4.78, 5) is 13.9. The molecule has 2 aliphatic heterocycles. The van der Waals surface area contributed by atoms with Crippen molar-refractivity contribution in [3.8, 4) is 5.75 Å². The molecule has 0 aliphatic carbocycles. The molecule has 0 saturated carbocycles. The van der Waals surface area contributed by atoms with Crippen LogP contribution in [0, 0.1) is 5.92 Å². The van der Waals surface area contributed by atoms with Crippen LogP contribution in [-0.2, 0) is 11.2 Å². The zero-order valence-electron chi connectivity index (χ0n) is 16.5. The highest BCUT2D eigenvalue weighted by Crippen LogP contribution is 2.46. The Hall–Kier alpha value is -2.33. The van der Waals surface area contributed by atoms with Gasteiger partial charge in [-0.2, -0.15) is 0 Å². The van der Waals surface area contributed by atoms with Gasteiger partial charge in [0.05, 0.1) is 5.92 Å². The third-order valence-corrected chi connectivity index (χ3v) is 6.52. The number of hydrogen-bond donors (Lipinski definition) is 1. The number of piperidine rings is 1. The van der Waals surface area contributed by atoms with Gasteiger partial charge in [0.25, 0.3) is 0 Å². The van der Waals surface area contributed by atoms with Crippen molar-refractivity contribution in [2.45, 2.75) is 50.6 Å². The zero-order valence-corrected chi connectivity index (χ0v) is 16.5. The van der Waals surface area contributed by atoms with Crippen LogP contribution in [0.3, 0.4) is 0 Å². The van der Waals surface area contributed by atoms with Gasteiger partial charge in [0, 0.05) is 18.1 Å². The lowest BCUT2D eigenvalue weighted by molar-refractivity contribution is -0.145. The first kappa shape index (κ1) is 19.0. The van der Waals surface area contributed by atoms with E-state index in [9.17, 15) is 9.90 Å². The zero-order chi connectivity index (χ0) is 19.6. The van der Waals surface area contributed by atoms with Crippen molar-refractivity contribution in [1.82, 2.24) is 4.90 Å². The molecule has 4 heteroatoms. The van der Waals surface area contributed by atoms with Gasteiger partial charge >= 0.3 is 5.97 Å². The quantitative estimate of drug-likeness (QED) is 0.776. The minimum absolute atomic E-state index is 0.00880. The van der Waals surface area contributed by atoms with E-state index < -0.39 is 5.97 Å². The minimum atomic E-state index is -0.635. The fourth-order valence-corrected chi connectivity index (χ4v) is 5.06. The van der Waals surface area contributed by atoms with Gasteiger partial charge in [0.2, 0.25) is 0 Å². The highest BCUT2D eigenvalue weighted by molar-refractivity contribution is 5.70. The summed E-state index contributed by atoms with van der Waals surface area (Å²) in [6, 6.07) is 19.2. The molecule has 2 bridgehead atoms. The molecule has 4 nitrogen and oxygen atoms in total. The summed E-state index contributed by atoms with van der Waals surface area (Å²) >= 11 is 0. The van der Waals surface area contributed by atoms with E-state index >= 15 is 0 Å². The summed E-state index contributed by atoms with van der Waals surface area (Å²) in [5, 5.41) is 9.40. The fourth-order valence-electron chi connectivity index (χ4n) is 5.06. The third kappa shape index (κ3) is 4.07. The van der Waals surface area contributed by atoms with Gasteiger partial charge in [-0.3, -0.25) is 9.69 Å². The van der Waals surface area contributed by atoms with Gasteiger partial charge in [-0.15, -0.1) is 0 Å². The average Bonchev–Trinajstić information content (AvgIpc) is 2.87. The number of hydrogen-bond acceptors (Lipinski definition) is 3. The normalized spacial score (nSPS) is 26.9. The maximum Gasteiger partial charge on any atom is 0.306 e. The third-order valence-electron chi connectivity index (χ3n) is 6.52. The Morgan fingerprint density at radius 3 is 2.54 bits per heavy atom. The summed E-state index contributed by atoms with van der Waals surface area (Å²) in [7, 11) is 0. The van der Waals surface area contributed by atoms with E-state index in [2.05, 4.69) is 48.2 Å². The molecule has 3 atom stereocenters. The summed E-state index contributed by atoms with van der Waals surface area (Å²) in [6.07, 6.45) is 4.66. The standard InChI is InChI=1S/C24H29NO3/c1-24-12-11-21(16-20(17-24)23(26)27)25(24)13-14-28-22-9-7-19(8-10-22)15-18-5-3-2-4-6-18/h2-10,20-21H,11-17H2,1H3,(H,26,27). The average molecular weight is 380 g/mol. The van der Waals surface area contributed by atoms with Gasteiger partial charge in [0.1, 0.15) is 12.4 Å². The molecule has 0 amide bonds. The summed E-state index contributed by atoms with van der Waals surface area (Å²) in [5.41, 5.74) is 2.60. The van der Waals surface area contributed by atoms with Gasteiger partial charge in [-0.25, -0.2) is 0 Å². The molecule has 2 aliphatic rings. The van der Waals surface area contributed by atoms with E-state index in [1.807, 2.05) is 18.2 Å². The van der Waals surface area contributed by atoms with Crippen molar-refractivity contribution >= 4 is 5.97 Å². The molecule has 4 rings (SSSR count). The molecule has 2 aromatic rings. The molecule has 2 heterocycles. The number of aliphatic carboxylic acids is 1. The predicted octanol–water partition coefficient (Wildman–Crippen LogP) is 4.37. The van der Waals surface area contributed by atoms with Crippen LogP contribution in [-0.4, -0.2) is 40.7 Å². The van der Waals surface area contributed by atoms with Crippen molar-refractivity contribution in [3.63, 3.8) is 0 Å². The second-order valence-electron chi connectivity index (χ2n) is 8.51. The number of rotatable bonds is 7. The lowest BCUT2D eigenvalue weighted by Gasteiger charge is -2.44. The lowest BCUT2D eigenvalue weighted by atomic mass is 9.83. The molecule has 3 unspecified atom stereocenters. The number of ether oxygens (including phenoxy) is 1. The van der Waals surface area contributed by atoms with E-state index in [-0.39, 0.29) is 11.5 Å². The Morgan fingerprint density at radius 2 is 1.86 bits per heavy atom. The molecule has 0 radical (unpaired) electrons. The Balaban J connectivity index is 1.29. The minimum Gasteiger partial charge on any atom is -0.492 e. The van der Waals surface area contributed by atoms with Crippen LogP contribution < -0.4 is 4.74 Å². The molecule has 2 aromatic carbocycles. The molecule has 2 saturated heterocycles. The van der Waals surface area contributed by atoms with E-state index in [0.29, 0.717) is 12.6 Å². The summed E-state index contributed by atoms with van der Waals surface area (Å²) in [5.74, 6) is 0.0752. The molecular weight excluding hydrogens is 350 g/mol. The Bertz CT molecular complexity index is 804. The molecular formula is C24H29NO3. The second kappa shape index (κ2) is 7.96. The largest absolute Gasteiger partial charge is 0.492 e. The predicted molar refractivity (Wildman–Crippen MR) is 110 cm³/mol. The highest BCUT2D eigenvalue weighted by atomic mass is 16.5. The first-order valence-corrected chi connectivity index (χ1v) is 10.3. The highest BCUT2D eigenvalue weighted by Gasteiger charge is 2.50. The fraction of sp³-hybridized carbons (Fsp3) is 0.458. The molecule has 1 N–H and O–H groups in total. The van der Waals surface area contributed by atoms with Gasteiger partial charge in [-0.1, -0.05) is 42.5 Å². The van der Waals surface area contributed by atoms with E-state index in [1.54, 1.807) is 0 Å². The van der Waals surface area contributed by atoms with E-state index in [1.165, 1.54) is 11.1 Å². The molecule has 0 spiro atoms. The van der Waals surface area contributed by atoms with E-state index in [0.717, 1.165) is 44.4 Å². The first-order valence-electron chi connectivity index (χ1n) is 10.3. The Labute approximate surface area is 167 Å². The van der Waals surface area contributed by atoms with Crippen molar-refractivity contribution in [2.24, 2.45) is 5.92 Å². The van der Waals surface area contributed by atoms with Gasteiger partial charge in [0.15, 0.2) is 0 Å². The van der Waals surface area contributed by atoms with Crippen LogP contribution in [0.25, 0.3) is 0 Å². The molecule has 0 aromatic heterocycles. The number of nitrogens with zero attached hydrogens (tertiary/aromatic N) is 1. The monoisotopic (exact) mass is 379 g/mol. The Kier molecular flexibility index (Phi) is 5.40. The van der Waals surface area contributed by atoms with Crippen molar-refractivity contribution in [3.05, 3.63) is 65.7 Å². The lowest BCUT2D eigenvalue weighted by Crippen LogP contribution is -2.53. The van der Waals surface area contributed by atoms with Crippen LogP contribution in [0.4, 0.5) is 0 Å². The summed E-state index contributed by atoms with van der Waals surface area (Å²) in [6.45, 7) is 3.72. The number of carboxylic acid groups (broad SMARTS) is 1. The van der Waals surface area contributed by atoms with Crippen LogP contribution in [0.2, 0.25) is 0 Å². The van der Waals surface area contributed by atoms with Crippen LogP contribution in [0.5, 0.6) is 5.75 Å². The van der Waals surface area contributed by atoms with Crippen LogP contribution in [0.15, 0.2) is 54.6 Å². The van der Waals surface area contributed by atoms with Crippen LogP contribution >= 0.6 is 0 Å². The van der Waals surface area contributed by atoms with Crippen LogP contribution in [0.1, 0.15) is 43.7 Å².